The fourth-order valence-electron chi connectivity index (χ4n) is 3.46. The van der Waals surface area contributed by atoms with Gasteiger partial charge < -0.3 is 18.8 Å². The summed E-state index contributed by atoms with van der Waals surface area (Å²) >= 11 is 0. The van der Waals surface area contributed by atoms with Crippen molar-refractivity contribution in [3.8, 4) is 17.2 Å². The Balaban J connectivity index is 1.48. The molecule has 2 aromatic carbocycles. The molecule has 30 heavy (non-hydrogen) atoms. The molecule has 2 heterocycles. The first-order valence-corrected chi connectivity index (χ1v) is 9.38. The number of aryl methyl sites for hydroxylation is 1. The highest BCUT2D eigenvalue weighted by Crippen LogP contribution is 2.33. The molecule has 0 fully saturated rings. The molecule has 0 saturated carbocycles. The van der Waals surface area contributed by atoms with Gasteiger partial charge in [-0.05, 0) is 43.7 Å². The van der Waals surface area contributed by atoms with Crippen LogP contribution in [0.5, 0.6) is 17.2 Å². The van der Waals surface area contributed by atoms with Crippen molar-refractivity contribution in [2.75, 3.05) is 13.4 Å². The van der Waals surface area contributed by atoms with Crippen molar-refractivity contribution < 1.29 is 23.9 Å². The maximum absolute atomic E-state index is 12.7. The molecule has 0 atom stereocenters. The van der Waals surface area contributed by atoms with E-state index < -0.39 is 4.92 Å². The van der Waals surface area contributed by atoms with E-state index in [2.05, 4.69) is 4.57 Å². The van der Waals surface area contributed by atoms with Crippen LogP contribution in [0, 0.1) is 24.0 Å². The van der Waals surface area contributed by atoms with Crippen LogP contribution in [-0.4, -0.2) is 28.7 Å². The van der Waals surface area contributed by atoms with Gasteiger partial charge in [-0.2, -0.15) is 0 Å². The zero-order valence-electron chi connectivity index (χ0n) is 16.6. The van der Waals surface area contributed by atoms with Crippen molar-refractivity contribution in [3.63, 3.8) is 0 Å². The van der Waals surface area contributed by atoms with Crippen LogP contribution in [0.4, 0.5) is 5.69 Å². The third-order valence-corrected chi connectivity index (χ3v) is 5.05. The van der Waals surface area contributed by atoms with Crippen molar-refractivity contribution in [2.45, 2.75) is 20.4 Å². The number of aromatic nitrogens is 1. The molecular formula is C22H20N2O6. The SMILES string of the molecule is Cc1cc(C(=O)COc2cccc([N+](=O)[O-])c2)c(C)n1Cc1ccc2c(c1)OCO2. The summed E-state index contributed by atoms with van der Waals surface area (Å²) in [6, 6.07) is 13.4. The average Bonchev–Trinajstić information content (AvgIpc) is 3.31. The minimum absolute atomic E-state index is 0.0816. The third-order valence-electron chi connectivity index (χ3n) is 5.05. The van der Waals surface area contributed by atoms with Crippen molar-refractivity contribution in [2.24, 2.45) is 0 Å². The molecule has 0 bridgehead atoms. The molecule has 0 aliphatic carbocycles. The Kier molecular flexibility index (Phi) is 5.14. The van der Waals surface area contributed by atoms with Gasteiger partial charge in [0.1, 0.15) is 5.75 Å². The number of ketones is 1. The first kappa shape index (κ1) is 19.5. The first-order valence-electron chi connectivity index (χ1n) is 9.38. The Bertz CT molecular complexity index is 1130. The molecule has 8 heteroatoms. The van der Waals surface area contributed by atoms with E-state index in [1.165, 1.54) is 18.2 Å². The number of hydrogen-bond donors (Lipinski definition) is 0. The van der Waals surface area contributed by atoms with Crippen LogP contribution in [0.25, 0.3) is 0 Å². The van der Waals surface area contributed by atoms with Gasteiger partial charge in [0.2, 0.25) is 12.6 Å². The minimum atomic E-state index is -0.502. The summed E-state index contributed by atoms with van der Waals surface area (Å²) in [6.45, 7) is 4.45. The summed E-state index contributed by atoms with van der Waals surface area (Å²) in [5, 5.41) is 10.9. The van der Waals surface area contributed by atoms with Crippen molar-refractivity contribution >= 4 is 11.5 Å². The Hall–Kier alpha value is -3.81. The maximum atomic E-state index is 12.7. The highest BCUT2D eigenvalue weighted by atomic mass is 16.7. The highest BCUT2D eigenvalue weighted by molar-refractivity contribution is 5.98. The number of benzene rings is 2. The lowest BCUT2D eigenvalue weighted by Gasteiger charge is -2.11. The molecule has 1 aromatic heterocycles. The van der Waals surface area contributed by atoms with E-state index in [0.29, 0.717) is 12.1 Å². The van der Waals surface area contributed by atoms with Crippen LogP contribution in [0.3, 0.4) is 0 Å². The largest absolute Gasteiger partial charge is 0.485 e. The Morgan fingerprint density at radius 2 is 1.93 bits per heavy atom. The zero-order chi connectivity index (χ0) is 21.3. The predicted molar refractivity (Wildman–Crippen MR) is 108 cm³/mol. The number of rotatable bonds is 7. The number of ether oxygens (including phenoxy) is 3. The number of carbonyl (C=O) groups is 1. The van der Waals surface area contributed by atoms with Gasteiger partial charge >= 0.3 is 0 Å². The average molecular weight is 408 g/mol. The second-order valence-corrected chi connectivity index (χ2v) is 7.02. The summed E-state index contributed by atoms with van der Waals surface area (Å²) in [6.07, 6.45) is 0. The Morgan fingerprint density at radius 3 is 2.73 bits per heavy atom. The summed E-state index contributed by atoms with van der Waals surface area (Å²) < 4.78 is 18.3. The van der Waals surface area contributed by atoms with E-state index in [4.69, 9.17) is 14.2 Å². The molecule has 0 radical (unpaired) electrons. The van der Waals surface area contributed by atoms with Crippen LogP contribution in [0.15, 0.2) is 48.5 Å². The van der Waals surface area contributed by atoms with Gasteiger partial charge in [0, 0.05) is 29.6 Å². The van der Waals surface area contributed by atoms with Crippen LogP contribution >= 0.6 is 0 Å². The summed E-state index contributed by atoms with van der Waals surface area (Å²) in [4.78, 5) is 23.1. The van der Waals surface area contributed by atoms with Crippen LogP contribution in [-0.2, 0) is 6.54 Å². The molecule has 0 saturated heterocycles. The molecular weight excluding hydrogens is 388 g/mol. The molecule has 0 N–H and O–H groups in total. The maximum Gasteiger partial charge on any atom is 0.273 e. The fourth-order valence-corrected chi connectivity index (χ4v) is 3.46. The van der Waals surface area contributed by atoms with Gasteiger partial charge in [-0.25, -0.2) is 0 Å². The van der Waals surface area contributed by atoms with Crippen LogP contribution in [0.2, 0.25) is 0 Å². The van der Waals surface area contributed by atoms with Gasteiger partial charge in [0.25, 0.3) is 5.69 Å². The van der Waals surface area contributed by atoms with E-state index in [1.54, 1.807) is 6.07 Å². The van der Waals surface area contributed by atoms with E-state index in [-0.39, 0.29) is 30.6 Å². The number of carbonyl (C=O) groups excluding carboxylic acids is 1. The van der Waals surface area contributed by atoms with E-state index >= 15 is 0 Å². The van der Waals surface area contributed by atoms with Crippen LogP contribution in [0.1, 0.15) is 27.3 Å². The van der Waals surface area contributed by atoms with E-state index in [0.717, 1.165) is 28.5 Å². The molecule has 1 aliphatic rings. The minimum Gasteiger partial charge on any atom is -0.485 e. The fraction of sp³-hybridized carbons (Fsp3) is 0.227. The van der Waals surface area contributed by atoms with Gasteiger partial charge in [-0.15, -0.1) is 0 Å². The first-order chi connectivity index (χ1) is 14.4. The number of non-ortho nitro benzene ring substituents is 1. The lowest BCUT2D eigenvalue weighted by Crippen LogP contribution is -2.13. The van der Waals surface area contributed by atoms with E-state index in [1.807, 2.05) is 38.1 Å². The topological polar surface area (TPSA) is 92.8 Å². The van der Waals surface area contributed by atoms with Crippen LogP contribution < -0.4 is 14.2 Å². The zero-order valence-corrected chi connectivity index (χ0v) is 16.6. The smallest absolute Gasteiger partial charge is 0.273 e. The van der Waals surface area contributed by atoms with Crippen molar-refractivity contribution in [1.82, 2.24) is 4.57 Å². The molecule has 3 aromatic rings. The Labute approximate surface area is 172 Å². The lowest BCUT2D eigenvalue weighted by molar-refractivity contribution is -0.384. The summed E-state index contributed by atoms with van der Waals surface area (Å²) in [5.41, 5.74) is 3.30. The number of nitrogens with zero attached hydrogens (tertiary/aromatic N) is 2. The predicted octanol–water partition coefficient (Wildman–Crippen LogP) is 4.05. The Morgan fingerprint density at radius 1 is 1.13 bits per heavy atom. The number of hydrogen-bond acceptors (Lipinski definition) is 6. The molecule has 0 unspecified atom stereocenters. The quantitative estimate of drug-likeness (QED) is 0.333. The monoisotopic (exact) mass is 408 g/mol. The number of fused-ring (bicyclic) bond motifs is 1. The normalized spacial score (nSPS) is 12.1. The standard InChI is InChI=1S/C22H20N2O6/c1-14-8-19(20(25)12-28-18-5-3-4-17(10-18)24(26)27)15(2)23(14)11-16-6-7-21-22(9-16)30-13-29-21/h3-10H,11-13H2,1-2H3. The molecule has 154 valence electrons. The molecule has 0 spiro atoms. The summed E-state index contributed by atoms with van der Waals surface area (Å²) in [7, 11) is 0. The molecule has 8 nitrogen and oxygen atoms in total. The van der Waals surface area contributed by atoms with Gasteiger partial charge in [0.05, 0.1) is 11.0 Å². The third kappa shape index (κ3) is 3.84. The molecule has 4 rings (SSSR count). The molecule has 0 amide bonds. The van der Waals surface area contributed by atoms with Crippen molar-refractivity contribution in [3.05, 3.63) is 81.2 Å². The van der Waals surface area contributed by atoms with E-state index in [9.17, 15) is 14.9 Å². The number of Topliss-reactive ketones (excluding diaryl/α,β-unsaturated/α-hetero) is 1. The summed E-state index contributed by atoms with van der Waals surface area (Å²) in [5.74, 6) is 1.55. The second-order valence-electron chi connectivity index (χ2n) is 7.02. The van der Waals surface area contributed by atoms with Gasteiger partial charge in [-0.3, -0.25) is 14.9 Å². The molecule has 1 aliphatic heterocycles. The number of nitro benzene ring substituents is 1. The van der Waals surface area contributed by atoms with Gasteiger partial charge in [0.15, 0.2) is 18.1 Å². The second kappa shape index (κ2) is 7.90. The lowest BCUT2D eigenvalue weighted by atomic mass is 10.1. The van der Waals surface area contributed by atoms with Crippen molar-refractivity contribution in [1.29, 1.82) is 0 Å². The van der Waals surface area contributed by atoms with Gasteiger partial charge in [-0.1, -0.05) is 12.1 Å². The highest BCUT2D eigenvalue weighted by Gasteiger charge is 2.18. The number of nitro groups is 1.